The Morgan fingerprint density at radius 3 is 2.89 bits per heavy atom. The molecule has 0 bridgehead atoms. The Bertz CT molecular complexity index is 358. The normalized spacial score (nSPS) is 25.5. The highest BCUT2D eigenvalue weighted by Gasteiger charge is 2.30. The average molecular weight is 249 g/mol. The van der Waals surface area contributed by atoms with E-state index in [0.717, 1.165) is 24.8 Å². The molecule has 1 aliphatic carbocycles. The van der Waals surface area contributed by atoms with E-state index in [0.29, 0.717) is 6.04 Å². The van der Waals surface area contributed by atoms with Crippen LogP contribution in [-0.2, 0) is 13.5 Å². The molecule has 1 fully saturated rings. The number of nitrogens with one attached hydrogen (secondary N) is 1. The molecule has 102 valence electrons. The SMILES string of the molecule is CCCNC(Cc1cnn(C)c1)C1CCCC1C. The van der Waals surface area contributed by atoms with Gasteiger partial charge in [-0.1, -0.05) is 26.7 Å². The van der Waals surface area contributed by atoms with Gasteiger partial charge in [0, 0.05) is 19.3 Å². The van der Waals surface area contributed by atoms with Crippen LogP contribution in [0.25, 0.3) is 0 Å². The first-order valence-electron chi connectivity index (χ1n) is 7.41. The van der Waals surface area contributed by atoms with Crippen LogP contribution < -0.4 is 5.32 Å². The minimum Gasteiger partial charge on any atom is -0.313 e. The van der Waals surface area contributed by atoms with Crippen molar-refractivity contribution in [3.05, 3.63) is 18.0 Å². The average Bonchev–Trinajstić information content (AvgIpc) is 2.93. The van der Waals surface area contributed by atoms with Crippen molar-refractivity contribution in [1.82, 2.24) is 15.1 Å². The highest BCUT2D eigenvalue weighted by Crippen LogP contribution is 2.34. The highest BCUT2D eigenvalue weighted by molar-refractivity contribution is 5.07. The zero-order valence-corrected chi connectivity index (χ0v) is 12.0. The fourth-order valence-corrected chi connectivity index (χ4v) is 3.31. The van der Waals surface area contributed by atoms with Crippen LogP contribution in [0.5, 0.6) is 0 Å². The maximum Gasteiger partial charge on any atom is 0.0522 e. The summed E-state index contributed by atoms with van der Waals surface area (Å²) in [5.74, 6) is 1.72. The largest absolute Gasteiger partial charge is 0.313 e. The summed E-state index contributed by atoms with van der Waals surface area (Å²) in [6, 6.07) is 0.631. The minimum atomic E-state index is 0.631. The van der Waals surface area contributed by atoms with Gasteiger partial charge in [0.1, 0.15) is 0 Å². The first-order valence-corrected chi connectivity index (χ1v) is 7.41. The molecule has 1 heterocycles. The van der Waals surface area contributed by atoms with Crippen LogP contribution in [0.3, 0.4) is 0 Å². The van der Waals surface area contributed by atoms with Crippen molar-refractivity contribution in [2.45, 2.75) is 52.0 Å². The third-order valence-corrected chi connectivity index (χ3v) is 4.32. The summed E-state index contributed by atoms with van der Waals surface area (Å²) < 4.78 is 1.91. The van der Waals surface area contributed by atoms with E-state index in [2.05, 4.69) is 30.5 Å². The molecule has 18 heavy (non-hydrogen) atoms. The van der Waals surface area contributed by atoms with Crippen molar-refractivity contribution in [1.29, 1.82) is 0 Å². The molecule has 3 nitrogen and oxygen atoms in total. The Hall–Kier alpha value is -0.830. The van der Waals surface area contributed by atoms with E-state index in [1.807, 2.05) is 17.9 Å². The van der Waals surface area contributed by atoms with E-state index in [4.69, 9.17) is 0 Å². The van der Waals surface area contributed by atoms with Crippen LogP contribution in [0.15, 0.2) is 12.4 Å². The molecule has 2 rings (SSSR count). The smallest absolute Gasteiger partial charge is 0.0522 e. The molecule has 0 saturated heterocycles. The lowest BCUT2D eigenvalue weighted by Crippen LogP contribution is -2.39. The van der Waals surface area contributed by atoms with E-state index in [1.165, 1.54) is 31.2 Å². The second-order valence-corrected chi connectivity index (χ2v) is 5.86. The first kappa shape index (κ1) is 13.6. The maximum absolute atomic E-state index is 4.28. The molecular formula is C15H27N3. The van der Waals surface area contributed by atoms with Crippen molar-refractivity contribution in [2.75, 3.05) is 6.54 Å². The molecule has 0 aliphatic heterocycles. The zero-order chi connectivity index (χ0) is 13.0. The molecule has 1 aliphatic rings. The molecule has 0 amide bonds. The van der Waals surface area contributed by atoms with E-state index in [9.17, 15) is 0 Å². The van der Waals surface area contributed by atoms with Crippen LogP contribution in [-0.4, -0.2) is 22.4 Å². The van der Waals surface area contributed by atoms with E-state index < -0.39 is 0 Å². The van der Waals surface area contributed by atoms with Gasteiger partial charge in [-0.15, -0.1) is 0 Å². The maximum atomic E-state index is 4.28. The van der Waals surface area contributed by atoms with Gasteiger partial charge in [-0.25, -0.2) is 0 Å². The molecule has 3 atom stereocenters. The standard InChI is InChI=1S/C15H27N3/c1-4-8-16-15(14-7-5-6-12(14)2)9-13-10-17-18(3)11-13/h10-12,14-16H,4-9H2,1-3H3. The van der Waals surface area contributed by atoms with Gasteiger partial charge in [-0.2, -0.15) is 5.10 Å². The van der Waals surface area contributed by atoms with Crippen LogP contribution in [0.2, 0.25) is 0 Å². The van der Waals surface area contributed by atoms with Gasteiger partial charge in [0.25, 0.3) is 0 Å². The van der Waals surface area contributed by atoms with Gasteiger partial charge in [-0.3, -0.25) is 4.68 Å². The second kappa shape index (κ2) is 6.37. The molecule has 3 heteroatoms. The summed E-state index contributed by atoms with van der Waals surface area (Å²) in [6.45, 7) is 5.79. The fourth-order valence-electron chi connectivity index (χ4n) is 3.31. The van der Waals surface area contributed by atoms with Crippen molar-refractivity contribution < 1.29 is 0 Å². The van der Waals surface area contributed by atoms with Crippen molar-refractivity contribution in [3.63, 3.8) is 0 Å². The molecule has 1 aromatic heterocycles. The quantitative estimate of drug-likeness (QED) is 0.840. The molecule has 1 N–H and O–H groups in total. The Kier molecular flexibility index (Phi) is 4.81. The van der Waals surface area contributed by atoms with Crippen molar-refractivity contribution >= 4 is 0 Å². The molecule has 0 spiro atoms. The summed E-state index contributed by atoms with van der Waals surface area (Å²) in [6.07, 6.45) is 10.7. The Morgan fingerprint density at radius 1 is 1.50 bits per heavy atom. The summed E-state index contributed by atoms with van der Waals surface area (Å²) in [5.41, 5.74) is 1.37. The molecular weight excluding hydrogens is 222 g/mol. The number of nitrogens with zero attached hydrogens (tertiary/aromatic N) is 2. The molecule has 1 aromatic rings. The van der Waals surface area contributed by atoms with Gasteiger partial charge < -0.3 is 5.32 Å². The molecule has 1 saturated carbocycles. The fraction of sp³-hybridized carbons (Fsp3) is 0.800. The second-order valence-electron chi connectivity index (χ2n) is 5.86. The molecule has 3 unspecified atom stereocenters. The molecule has 0 aromatic carbocycles. The van der Waals surface area contributed by atoms with Crippen molar-refractivity contribution in [3.8, 4) is 0 Å². The van der Waals surface area contributed by atoms with Crippen LogP contribution in [0.4, 0.5) is 0 Å². The van der Waals surface area contributed by atoms with Crippen molar-refractivity contribution in [2.24, 2.45) is 18.9 Å². The zero-order valence-electron chi connectivity index (χ0n) is 12.0. The first-order chi connectivity index (χ1) is 8.70. The minimum absolute atomic E-state index is 0.631. The summed E-state index contributed by atoms with van der Waals surface area (Å²) in [4.78, 5) is 0. The topological polar surface area (TPSA) is 29.9 Å². The van der Waals surface area contributed by atoms with E-state index in [-0.39, 0.29) is 0 Å². The summed E-state index contributed by atoms with van der Waals surface area (Å²) in [5, 5.41) is 8.05. The van der Waals surface area contributed by atoms with Crippen LogP contribution in [0, 0.1) is 11.8 Å². The molecule has 0 radical (unpaired) electrons. The van der Waals surface area contributed by atoms with Crippen LogP contribution >= 0.6 is 0 Å². The third-order valence-electron chi connectivity index (χ3n) is 4.32. The summed E-state index contributed by atoms with van der Waals surface area (Å²) >= 11 is 0. The lowest BCUT2D eigenvalue weighted by atomic mass is 9.87. The van der Waals surface area contributed by atoms with Gasteiger partial charge in [0.2, 0.25) is 0 Å². The Labute approximate surface area is 111 Å². The number of rotatable bonds is 6. The predicted octanol–water partition coefficient (Wildman–Crippen LogP) is 2.77. The highest BCUT2D eigenvalue weighted by atomic mass is 15.2. The van der Waals surface area contributed by atoms with Gasteiger partial charge >= 0.3 is 0 Å². The van der Waals surface area contributed by atoms with Gasteiger partial charge in [-0.05, 0) is 43.2 Å². The Morgan fingerprint density at radius 2 is 2.33 bits per heavy atom. The van der Waals surface area contributed by atoms with Gasteiger partial charge in [0.05, 0.1) is 6.20 Å². The van der Waals surface area contributed by atoms with E-state index in [1.54, 1.807) is 0 Å². The number of hydrogen-bond donors (Lipinski definition) is 1. The lowest BCUT2D eigenvalue weighted by Gasteiger charge is -2.27. The number of aromatic nitrogens is 2. The van der Waals surface area contributed by atoms with Crippen LogP contribution in [0.1, 0.15) is 45.1 Å². The van der Waals surface area contributed by atoms with E-state index >= 15 is 0 Å². The monoisotopic (exact) mass is 249 g/mol. The Balaban J connectivity index is 2.00. The van der Waals surface area contributed by atoms with Gasteiger partial charge in [0.15, 0.2) is 0 Å². The third kappa shape index (κ3) is 3.35. The predicted molar refractivity (Wildman–Crippen MR) is 75.5 cm³/mol. The number of aryl methyl sites for hydroxylation is 1. The number of hydrogen-bond acceptors (Lipinski definition) is 2. The lowest BCUT2D eigenvalue weighted by molar-refractivity contribution is 0.295. The summed E-state index contributed by atoms with van der Waals surface area (Å²) in [7, 11) is 2.00.